The predicted molar refractivity (Wildman–Crippen MR) is 105 cm³/mol. The highest BCUT2D eigenvalue weighted by atomic mass is 32.1. The molecule has 0 aromatic carbocycles. The maximum Gasteiger partial charge on any atom is 0.407 e. The fourth-order valence-electron chi connectivity index (χ4n) is 2.86. The Morgan fingerprint density at radius 1 is 1.30 bits per heavy atom. The van der Waals surface area contributed by atoms with E-state index in [9.17, 15) is 14.4 Å². The highest BCUT2D eigenvalue weighted by molar-refractivity contribution is 7.14. The van der Waals surface area contributed by atoms with Gasteiger partial charge in [0.1, 0.15) is 10.6 Å². The summed E-state index contributed by atoms with van der Waals surface area (Å²) in [6.07, 6.45) is 1.40. The summed E-state index contributed by atoms with van der Waals surface area (Å²) in [5.41, 5.74) is 5.12. The second-order valence-electron chi connectivity index (χ2n) is 7.68. The fraction of sp³-hybridized carbons (Fsp3) is 0.611. The molecular weight excluding hydrogens is 368 g/mol. The molecule has 2 heterocycles. The minimum atomic E-state index is -0.551. The lowest BCUT2D eigenvalue weighted by Crippen LogP contribution is -2.42. The molecular formula is C18H28N4O4S. The summed E-state index contributed by atoms with van der Waals surface area (Å²) in [7, 11) is 0. The molecule has 1 aliphatic heterocycles. The fourth-order valence-corrected chi connectivity index (χ4v) is 3.67. The molecule has 2 rings (SSSR count). The number of hydrogen-bond donors (Lipinski definition) is 3. The number of thiophene rings is 1. The molecule has 0 aliphatic carbocycles. The molecule has 4 N–H and O–H groups in total. The molecule has 0 unspecified atom stereocenters. The number of likely N-dealkylation sites (tertiary alicyclic amines) is 1. The lowest BCUT2D eigenvalue weighted by Gasteiger charge is -2.31. The zero-order valence-electron chi connectivity index (χ0n) is 16.0. The van der Waals surface area contributed by atoms with Crippen LogP contribution in [0.3, 0.4) is 0 Å². The maximum atomic E-state index is 12.2. The highest BCUT2D eigenvalue weighted by Gasteiger charge is 2.23. The Balaban J connectivity index is 1.69. The first-order chi connectivity index (χ1) is 12.6. The molecule has 27 heavy (non-hydrogen) atoms. The standard InChI is InChI=1S/C18H28N4O4S/c1-18(2,3)26-17(25)20-10-12-4-7-22(8-5-12)11-14(23)21-16-13(15(19)24)6-9-27-16/h6,9,12H,4-5,7-8,10-11H2,1-3H3,(H2,19,24)(H,20,25)(H,21,23). The van der Waals surface area contributed by atoms with Crippen molar-refractivity contribution in [2.75, 3.05) is 31.5 Å². The number of nitrogens with zero attached hydrogens (tertiary/aromatic N) is 1. The van der Waals surface area contributed by atoms with Crippen LogP contribution < -0.4 is 16.4 Å². The Morgan fingerprint density at radius 2 is 1.96 bits per heavy atom. The van der Waals surface area contributed by atoms with E-state index >= 15 is 0 Å². The maximum absolute atomic E-state index is 12.2. The minimum Gasteiger partial charge on any atom is -0.444 e. The van der Waals surface area contributed by atoms with E-state index in [0.717, 1.165) is 25.9 Å². The Morgan fingerprint density at radius 3 is 2.56 bits per heavy atom. The van der Waals surface area contributed by atoms with Gasteiger partial charge in [-0.25, -0.2) is 4.79 Å². The van der Waals surface area contributed by atoms with Crippen LogP contribution in [0.4, 0.5) is 9.80 Å². The first-order valence-corrected chi connectivity index (χ1v) is 9.88. The number of carbonyl (C=O) groups excluding carboxylic acids is 3. The number of alkyl carbamates (subject to hydrolysis) is 1. The van der Waals surface area contributed by atoms with Crippen LogP contribution >= 0.6 is 11.3 Å². The molecule has 1 fully saturated rings. The van der Waals surface area contributed by atoms with Crippen LogP contribution in [0.15, 0.2) is 11.4 Å². The molecule has 1 aromatic heterocycles. The lowest BCUT2D eigenvalue weighted by molar-refractivity contribution is -0.117. The molecule has 0 atom stereocenters. The third-order valence-corrected chi connectivity index (χ3v) is 5.02. The van der Waals surface area contributed by atoms with Gasteiger partial charge >= 0.3 is 6.09 Å². The third-order valence-electron chi connectivity index (χ3n) is 4.19. The monoisotopic (exact) mass is 396 g/mol. The molecule has 0 spiro atoms. The number of primary amides is 1. The van der Waals surface area contributed by atoms with E-state index in [-0.39, 0.29) is 12.5 Å². The summed E-state index contributed by atoms with van der Waals surface area (Å²) in [5, 5.41) is 7.78. The van der Waals surface area contributed by atoms with Gasteiger partial charge in [-0.15, -0.1) is 11.3 Å². The van der Waals surface area contributed by atoms with E-state index in [4.69, 9.17) is 10.5 Å². The van der Waals surface area contributed by atoms with Gasteiger partial charge in [-0.2, -0.15) is 0 Å². The number of nitrogens with one attached hydrogen (secondary N) is 2. The van der Waals surface area contributed by atoms with Gasteiger partial charge in [-0.1, -0.05) is 0 Å². The number of carbonyl (C=O) groups is 3. The molecule has 3 amide bonds. The summed E-state index contributed by atoms with van der Waals surface area (Å²) in [4.78, 5) is 37.3. The van der Waals surface area contributed by atoms with E-state index in [0.29, 0.717) is 23.0 Å². The largest absolute Gasteiger partial charge is 0.444 e. The van der Waals surface area contributed by atoms with Crippen molar-refractivity contribution in [2.45, 2.75) is 39.2 Å². The molecule has 1 aromatic rings. The van der Waals surface area contributed by atoms with Gasteiger partial charge in [0.15, 0.2) is 0 Å². The molecule has 0 radical (unpaired) electrons. The molecule has 8 nitrogen and oxygen atoms in total. The van der Waals surface area contributed by atoms with E-state index < -0.39 is 17.6 Å². The Bertz CT molecular complexity index is 675. The minimum absolute atomic E-state index is 0.162. The van der Waals surface area contributed by atoms with Crippen LogP contribution in [-0.2, 0) is 9.53 Å². The van der Waals surface area contributed by atoms with Gasteiger partial charge in [0.2, 0.25) is 5.91 Å². The number of hydrogen-bond acceptors (Lipinski definition) is 6. The van der Waals surface area contributed by atoms with Gasteiger partial charge in [-0.05, 0) is 64.1 Å². The van der Waals surface area contributed by atoms with Crippen LogP contribution in [0.25, 0.3) is 0 Å². The van der Waals surface area contributed by atoms with Crippen LogP contribution in [0.2, 0.25) is 0 Å². The first-order valence-electron chi connectivity index (χ1n) is 9.00. The molecule has 9 heteroatoms. The van der Waals surface area contributed by atoms with E-state index in [1.165, 1.54) is 11.3 Å². The van der Waals surface area contributed by atoms with Gasteiger partial charge in [0.25, 0.3) is 5.91 Å². The van der Waals surface area contributed by atoms with Crippen molar-refractivity contribution in [3.05, 3.63) is 17.0 Å². The number of amides is 3. The van der Waals surface area contributed by atoms with Gasteiger partial charge in [0, 0.05) is 6.54 Å². The number of anilines is 1. The Labute approximate surface area is 163 Å². The quantitative estimate of drug-likeness (QED) is 0.681. The van der Waals surface area contributed by atoms with Crippen molar-refractivity contribution in [3.63, 3.8) is 0 Å². The molecule has 1 saturated heterocycles. The second kappa shape index (κ2) is 9.18. The summed E-state index contributed by atoms with van der Waals surface area (Å²) in [6, 6.07) is 1.60. The van der Waals surface area contributed by atoms with Crippen molar-refractivity contribution in [1.82, 2.24) is 10.2 Å². The van der Waals surface area contributed by atoms with Crippen LogP contribution in [0.5, 0.6) is 0 Å². The van der Waals surface area contributed by atoms with Crippen LogP contribution in [-0.4, -0.2) is 54.6 Å². The average molecular weight is 397 g/mol. The molecule has 0 saturated carbocycles. The second-order valence-corrected chi connectivity index (χ2v) is 8.59. The SMILES string of the molecule is CC(C)(C)OC(=O)NCC1CCN(CC(=O)Nc2sccc2C(N)=O)CC1. The lowest BCUT2D eigenvalue weighted by atomic mass is 9.97. The van der Waals surface area contributed by atoms with Gasteiger partial charge < -0.3 is 21.1 Å². The molecule has 150 valence electrons. The highest BCUT2D eigenvalue weighted by Crippen LogP contribution is 2.23. The summed E-state index contributed by atoms with van der Waals surface area (Å²) in [5.74, 6) is -0.342. The first kappa shape index (κ1) is 21.2. The van der Waals surface area contributed by atoms with Crippen LogP contribution in [0, 0.1) is 5.92 Å². The number of ether oxygens (including phenoxy) is 1. The summed E-state index contributed by atoms with van der Waals surface area (Å²) >= 11 is 1.28. The number of rotatable bonds is 6. The molecule has 0 bridgehead atoms. The zero-order chi connectivity index (χ0) is 20.0. The van der Waals surface area contributed by atoms with E-state index in [1.807, 2.05) is 20.8 Å². The average Bonchev–Trinajstić information content (AvgIpc) is 3.01. The summed E-state index contributed by atoms with van der Waals surface area (Å²) in [6.45, 7) is 7.90. The van der Waals surface area contributed by atoms with E-state index in [1.54, 1.807) is 11.4 Å². The number of piperidine rings is 1. The smallest absolute Gasteiger partial charge is 0.407 e. The van der Waals surface area contributed by atoms with Gasteiger partial charge in [-0.3, -0.25) is 14.5 Å². The third kappa shape index (κ3) is 7.18. The van der Waals surface area contributed by atoms with Crippen molar-refractivity contribution < 1.29 is 19.1 Å². The normalized spacial score (nSPS) is 16.0. The van der Waals surface area contributed by atoms with Crippen LogP contribution in [0.1, 0.15) is 44.0 Å². The van der Waals surface area contributed by atoms with Crippen molar-refractivity contribution in [3.8, 4) is 0 Å². The topological polar surface area (TPSA) is 114 Å². The Hall–Kier alpha value is -2.13. The number of nitrogens with two attached hydrogens (primary N) is 1. The van der Waals surface area contributed by atoms with E-state index in [2.05, 4.69) is 15.5 Å². The van der Waals surface area contributed by atoms with Crippen molar-refractivity contribution in [1.29, 1.82) is 0 Å². The zero-order valence-corrected chi connectivity index (χ0v) is 16.9. The van der Waals surface area contributed by atoms with Crippen molar-refractivity contribution >= 4 is 34.2 Å². The van der Waals surface area contributed by atoms with Gasteiger partial charge in [0.05, 0.1) is 12.1 Å². The molecule has 1 aliphatic rings. The summed E-state index contributed by atoms with van der Waals surface area (Å²) < 4.78 is 5.23. The predicted octanol–water partition coefficient (Wildman–Crippen LogP) is 2.02. The van der Waals surface area contributed by atoms with Crippen molar-refractivity contribution in [2.24, 2.45) is 11.7 Å². The Kier molecular flexibility index (Phi) is 7.20.